The van der Waals surface area contributed by atoms with Crippen LogP contribution in [0.1, 0.15) is 16.1 Å². The standard InChI is InChI=1S/C21H23N5O3/c1-29-18-10-6-5-9-17(18)26-22-19(21(27)28)20(23-26)25-13-11-24(12-14-25)15-16-7-3-2-4-8-16/h2-10H,11-15H2,1H3,(H,27,28). The van der Waals surface area contributed by atoms with Crippen LogP contribution in [0.4, 0.5) is 5.82 Å². The van der Waals surface area contributed by atoms with E-state index < -0.39 is 5.97 Å². The van der Waals surface area contributed by atoms with Crippen LogP contribution in [-0.4, -0.2) is 64.3 Å². The van der Waals surface area contributed by atoms with E-state index in [9.17, 15) is 9.90 Å². The van der Waals surface area contributed by atoms with Crippen molar-refractivity contribution in [1.29, 1.82) is 0 Å². The second-order valence-corrected chi connectivity index (χ2v) is 6.89. The summed E-state index contributed by atoms with van der Waals surface area (Å²) in [5.41, 5.74) is 1.83. The molecular formula is C21H23N5O3. The molecule has 1 aliphatic heterocycles. The minimum absolute atomic E-state index is 0.0487. The van der Waals surface area contributed by atoms with Gasteiger partial charge in [0.2, 0.25) is 5.69 Å². The molecule has 0 spiro atoms. The number of carboxylic acids is 1. The Labute approximate surface area is 168 Å². The van der Waals surface area contributed by atoms with Crippen LogP contribution >= 0.6 is 0 Å². The topological polar surface area (TPSA) is 83.7 Å². The second kappa shape index (κ2) is 8.32. The lowest BCUT2D eigenvalue weighted by atomic mass is 10.2. The molecule has 1 fully saturated rings. The third-order valence-electron chi connectivity index (χ3n) is 5.02. The van der Waals surface area contributed by atoms with Gasteiger partial charge in [-0.3, -0.25) is 4.90 Å². The van der Waals surface area contributed by atoms with Crippen LogP contribution in [0.5, 0.6) is 5.75 Å². The van der Waals surface area contributed by atoms with Gasteiger partial charge >= 0.3 is 5.97 Å². The van der Waals surface area contributed by atoms with Crippen LogP contribution in [0, 0.1) is 0 Å². The number of carboxylic acid groups (broad SMARTS) is 1. The van der Waals surface area contributed by atoms with Gasteiger partial charge in [0, 0.05) is 32.7 Å². The molecule has 2 aromatic carbocycles. The molecule has 0 amide bonds. The number of nitrogens with zero attached hydrogens (tertiary/aromatic N) is 5. The Bertz CT molecular complexity index is 981. The zero-order valence-electron chi connectivity index (χ0n) is 16.2. The van der Waals surface area contributed by atoms with Crippen molar-refractivity contribution in [3.05, 3.63) is 65.9 Å². The number of methoxy groups -OCH3 is 1. The van der Waals surface area contributed by atoms with Crippen LogP contribution in [-0.2, 0) is 6.54 Å². The SMILES string of the molecule is COc1ccccc1-n1nc(C(=O)O)c(N2CCN(Cc3ccccc3)CC2)n1. The molecule has 8 nitrogen and oxygen atoms in total. The third kappa shape index (κ3) is 4.07. The lowest BCUT2D eigenvalue weighted by Crippen LogP contribution is -2.46. The lowest BCUT2D eigenvalue weighted by molar-refractivity contribution is 0.0690. The number of para-hydroxylation sites is 2. The van der Waals surface area contributed by atoms with Crippen molar-refractivity contribution in [2.45, 2.75) is 6.54 Å². The zero-order valence-corrected chi connectivity index (χ0v) is 16.2. The first kappa shape index (κ1) is 18.9. The maximum atomic E-state index is 11.8. The number of aromatic nitrogens is 3. The number of anilines is 1. The van der Waals surface area contributed by atoms with Gasteiger partial charge in [0.05, 0.1) is 7.11 Å². The molecule has 0 saturated carbocycles. The molecule has 0 aliphatic carbocycles. The summed E-state index contributed by atoms with van der Waals surface area (Å²) in [5, 5.41) is 18.4. The molecule has 1 N–H and O–H groups in total. The van der Waals surface area contributed by atoms with Crippen LogP contribution < -0.4 is 9.64 Å². The lowest BCUT2D eigenvalue weighted by Gasteiger charge is -2.34. The number of hydrogen-bond acceptors (Lipinski definition) is 6. The van der Waals surface area contributed by atoms with E-state index in [1.807, 2.05) is 35.2 Å². The minimum atomic E-state index is -1.09. The van der Waals surface area contributed by atoms with Crippen LogP contribution in [0.3, 0.4) is 0 Å². The van der Waals surface area contributed by atoms with Gasteiger partial charge in [0.25, 0.3) is 0 Å². The highest BCUT2D eigenvalue weighted by Gasteiger charge is 2.27. The van der Waals surface area contributed by atoms with Gasteiger partial charge in [0.15, 0.2) is 5.82 Å². The van der Waals surface area contributed by atoms with Gasteiger partial charge in [-0.15, -0.1) is 15.0 Å². The van der Waals surface area contributed by atoms with Gasteiger partial charge in [-0.05, 0) is 17.7 Å². The van der Waals surface area contributed by atoms with Gasteiger partial charge in [-0.1, -0.05) is 42.5 Å². The highest BCUT2D eigenvalue weighted by Crippen LogP contribution is 2.25. The van der Waals surface area contributed by atoms with E-state index in [0.717, 1.165) is 19.6 Å². The zero-order chi connectivity index (χ0) is 20.2. The number of piperazine rings is 1. The first-order valence-electron chi connectivity index (χ1n) is 9.51. The normalized spacial score (nSPS) is 14.7. The van der Waals surface area contributed by atoms with Gasteiger partial charge in [-0.2, -0.15) is 0 Å². The average molecular weight is 393 g/mol. The van der Waals surface area contributed by atoms with Crippen LogP contribution in [0.25, 0.3) is 5.69 Å². The van der Waals surface area contributed by atoms with E-state index in [1.165, 1.54) is 10.4 Å². The number of ether oxygens (including phenoxy) is 1. The van der Waals surface area contributed by atoms with Crippen molar-refractivity contribution < 1.29 is 14.6 Å². The smallest absolute Gasteiger partial charge is 0.360 e. The summed E-state index contributed by atoms with van der Waals surface area (Å²) in [4.78, 5) is 17.5. The highest BCUT2D eigenvalue weighted by molar-refractivity contribution is 5.91. The Kier molecular flexibility index (Phi) is 5.44. The molecule has 29 heavy (non-hydrogen) atoms. The fourth-order valence-corrected chi connectivity index (χ4v) is 3.51. The Morgan fingerprint density at radius 3 is 2.38 bits per heavy atom. The maximum Gasteiger partial charge on any atom is 0.360 e. The van der Waals surface area contributed by atoms with Crippen molar-refractivity contribution in [1.82, 2.24) is 19.9 Å². The van der Waals surface area contributed by atoms with Gasteiger partial charge in [0.1, 0.15) is 11.4 Å². The predicted octanol–water partition coefficient (Wildman–Crippen LogP) is 2.30. The van der Waals surface area contributed by atoms with Crippen molar-refractivity contribution in [2.75, 3.05) is 38.2 Å². The molecule has 2 heterocycles. The number of carbonyl (C=O) groups is 1. The third-order valence-corrected chi connectivity index (χ3v) is 5.02. The first-order chi connectivity index (χ1) is 14.2. The molecule has 0 atom stereocenters. The number of rotatable bonds is 6. The molecule has 1 aliphatic rings. The molecule has 4 rings (SSSR count). The summed E-state index contributed by atoms with van der Waals surface area (Å²) in [6, 6.07) is 17.6. The van der Waals surface area contributed by atoms with Crippen LogP contribution in [0.15, 0.2) is 54.6 Å². The van der Waals surface area contributed by atoms with Crippen molar-refractivity contribution >= 4 is 11.8 Å². The second-order valence-electron chi connectivity index (χ2n) is 6.89. The minimum Gasteiger partial charge on any atom is -0.494 e. The number of aromatic carboxylic acids is 1. The molecule has 150 valence electrons. The maximum absolute atomic E-state index is 11.8. The van der Waals surface area contributed by atoms with Gasteiger partial charge < -0.3 is 14.7 Å². The predicted molar refractivity (Wildman–Crippen MR) is 109 cm³/mol. The van der Waals surface area contributed by atoms with E-state index in [0.29, 0.717) is 30.3 Å². The Hall–Kier alpha value is -3.39. The summed E-state index contributed by atoms with van der Waals surface area (Å²) >= 11 is 0. The molecule has 0 bridgehead atoms. The fourth-order valence-electron chi connectivity index (χ4n) is 3.51. The Morgan fingerprint density at radius 2 is 1.69 bits per heavy atom. The van der Waals surface area contributed by atoms with Crippen molar-refractivity contribution in [3.63, 3.8) is 0 Å². The average Bonchev–Trinajstić information content (AvgIpc) is 3.21. The summed E-state index contributed by atoms with van der Waals surface area (Å²) in [7, 11) is 1.56. The summed E-state index contributed by atoms with van der Waals surface area (Å²) in [5.74, 6) is -0.116. The molecular weight excluding hydrogens is 370 g/mol. The van der Waals surface area contributed by atoms with E-state index >= 15 is 0 Å². The monoisotopic (exact) mass is 393 g/mol. The van der Waals surface area contributed by atoms with E-state index in [1.54, 1.807) is 19.2 Å². The Balaban J connectivity index is 1.53. The van der Waals surface area contributed by atoms with Crippen LogP contribution in [0.2, 0.25) is 0 Å². The van der Waals surface area contributed by atoms with Crippen molar-refractivity contribution in [2.24, 2.45) is 0 Å². The number of hydrogen-bond donors (Lipinski definition) is 1. The van der Waals surface area contributed by atoms with E-state index in [4.69, 9.17) is 4.74 Å². The molecule has 0 radical (unpaired) electrons. The quantitative estimate of drug-likeness (QED) is 0.688. The number of benzene rings is 2. The fraction of sp³-hybridized carbons (Fsp3) is 0.286. The van der Waals surface area contributed by atoms with E-state index in [-0.39, 0.29) is 5.69 Å². The first-order valence-corrected chi connectivity index (χ1v) is 9.51. The molecule has 1 aromatic heterocycles. The van der Waals surface area contributed by atoms with E-state index in [2.05, 4.69) is 27.2 Å². The summed E-state index contributed by atoms with van der Waals surface area (Å²) in [6.45, 7) is 3.93. The molecule has 0 unspecified atom stereocenters. The molecule has 1 saturated heterocycles. The highest BCUT2D eigenvalue weighted by atomic mass is 16.5. The Morgan fingerprint density at radius 1 is 1.00 bits per heavy atom. The summed E-state index contributed by atoms with van der Waals surface area (Å²) < 4.78 is 5.36. The summed E-state index contributed by atoms with van der Waals surface area (Å²) in [6.07, 6.45) is 0. The van der Waals surface area contributed by atoms with Gasteiger partial charge in [-0.25, -0.2) is 4.79 Å². The largest absolute Gasteiger partial charge is 0.494 e. The molecule has 3 aromatic rings. The molecule has 8 heteroatoms. The van der Waals surface area contributed by atoms with Crippen molar-refractivity contribution in [3.8, 4) is 11.4 Å².